The fraction of sp³-hybridized carbons (Fsp3) is 0.333. The van der Waals surface area contributed by atoms with E-state index in [4.69, 9.17) is 0 Å². The lowest BCUT2D eigenvalue weighted by Gasteiger charge is -2.26. The van der Waals surface area contributed by atoms with Gasteiger partial charge < -0.3 is 10.4 Å². The number of hydrogen-bond donors (Lipinski definition) is 2. The molecule has 130 valence electrons. The number of carboxylic acid groups (broad SMARTS) is 1. The summed E-state index contributed by atoms with van der Waals surface area (Å²) in [4.78, 5) is 27.8. The number of allylic oxidation sites excluding steroid dienone is 2. The molecule has 1 aromatic carbocycles. The summed E-state index contributed by atoms with van der Waals surface area (Å²) in [6.07, 6.45) is 7.64. The van der Waals surface area contributed by atoms with E-state index in [2.05, 4.69) is 15.4 Å². The van der Waals surface area contributed by atoms with Crippen LogP contribution in [-0.2, 0) is 9.59 Å². The lowest BCUT2D eigenvalue weighted by Crippen LogP contribution is -2.39. The Labute approximate surface area is 145 Å². The number of carbonyl (C=O) groups excluding carboxylic acids is 1. The Morgan fingerprint density at radius 3 is 2.48 bits per heavy atom. The van der Waals surface area contributed by atoms with E-state index < -0.39 is 17.8 Å². The van der Waals surface area contributed by atoms with Crippen LogP contribution in [0.4, 0.5) is 0 Å². The number of rotatable bonds is 5. The van der Waals surface area contributed by atoms with Crippen LogP contribution in [0.1, 0.15) is 31.4 Å². The maximum absolute atomic E-state index is 12.5. The molecule has 0 fully saturated rings. The molecule has 2 aromatic rings. The van der Waals surface area contributed by atoms with Gasteiger partial charge in [-0.05, 0) is 37.5 Å². The summed E-state index contributed by atoms with van der Waals surface area (Å²) in [6, 6.07) is 7.42. The minimum absolute atomic E-state index is 0.211. The molecule has 1 aromatic heterocycles. The van der Waals surface area contributed by atoms with Crippen LogP contribution in [0.25, 0.3) is 5.69 Å². The van der Waals surface area contributed by atoms with Crippen LogP contribution in [-0.4, -0.2) is 31.7 Å². The molecule has 0 saturated carbocycles. The van der Waals surface area contributed by atoms with E-state index in [0.717, 1.165) is 11.3 Å². The van der Waals surface area contributed by atoms with Crippen molar-refractivity contribution in [2.45, 2.75) is 25.8 Å². The van der Waals surface area contributed by atoms with E-state index in [1.54, 1.807) is 11.0 Å². The van der Waals surface area contributed by atoms with Crippen molar-refractivity contribution in [2.24, 2.45) is 11.8 Å². The SMILES string of the molecule is C[C@H](NC(=O)[C@H]1CC=CC[C@@H]1C(=O)O)c1ccc(-n2cncn2)cc1. The third-order valence-electron chi connectivity index (χ3n) is 4.52. The number of carboxylic acids is 1. The zero-order valence-corrected chi connectivity index (χ0v) is 13.9. The summed E-state index contributed by atoms with van der Waals surface area (Å²) >= 11 is 0. The number of amides is 1. The van der Waals surface area contributed by atoms with Crippen molar-refractivity contribution in [3.05, 3.63) is 54.6 Å². The highest BCUT2D eigenvalue weighted by atomic mass is 16.4. The summed E-state index contributed by atoms with van der Waals surface area (Å²) < 4.78 is 1.65. The van der Waals surface area contributed by atoms with Gasteiger partial charge in [-0.15, -0.1) is 0 Å². The Kier molecular flexibility index (Phi) is 4.92. The lowest BCUT2D eigenvalue weighted by atomic mass is 9.82. The lowest BCUT2D eigenvalue weighted by molar-refractivity contribution is -0.147. The fourth-order valence-corrected chi connectivity index (χ4v) is 3.04. The molecule has 0 radical (unpaired) electrons. The first-order valence-electron chi connectivity index (χ1n) is 8.19. The molecule has 1 amide bonds. The Hall–Kier alpha value is -2.96. The zero-order chi connectivity index (χ0) is 17.8. The maximum Gasteiger partial charge on any atom is 0.307 e. The molecule has 0 saturated heterocycles. The topological polar surface area (TPSA) is 97.1 Å². The fourth-order valence-electron chi connectivity index (χ4n) is 3.04. The van der Waals surface area contributed by atoms with E-state index >= 15 is 0 Å². The standard InChI is InChI=1S/C18H20N4O3/c1-12(13-6-8-14(9-7-13)22-11-19-10-20-22)21-17(23)15-4-2-3-5-16(15)18(24)25/h2-3,6-12,15-16H,4-5H2,1H3,(H,21,23)(H,24,25)/t12-,15-,16-/m0/s1. The van der Waals surface area contributed by atoms with Crippen LogP contribution < -0.4 is 5.32 Å². The van der Waals surface area contributed by atoms with Crippen molar-refractivity contribution < 1.29 is 14.7 Å². The quantitative estimate of drug-likeness (QED) is 0.813. The molecule has 7 heteroatoms. The van der Waals surface area contributed by atoms with Gasteiger partial charge in [-0.3, -0.25) is 9.59 Å². The molecule has 0 bridgehead atoms. The Morgan fingerprint density at radius 2 is 1.88 bits per heavy atom. The summed E-state index contributed by atoms with van der Waals surface area (Å²) in [7, 11) is 0. The van der Waals surface area contributed by atoms with Crippen molar-refractivity contribution in [2.75, 3.05) is 0 Å². The van der Waals surface area contributed by atoms with Crippen molar-refractivity contribution in [3.63, 3.8) is 0 Å². The first kappa shape index (κ1) is 16.9. The van der Waals surface area contributed by atoms with Gasteiger partial charge in [0.25, 0.3) is 0 Å². The van der Waals surface area contributed by atoms with Crippen molar-refractivity contribution in [1.82, 2.24) is 20.1 Å². The molecule has 25 heavy (non-hydrogen) atoms. The predicted molar refractivity (Wildman–Crippen MR) is 90.9 cm³/mol. The molecule has 1 heterocycles. The van der Waals surface area contributed by atoms with E-state index in [1.807, 2.05) is 43.3 Å². The molecule has 7 nitrogen and oxygen atoms in total. The Balaban J connectivity index is 1.67. The van der Waals surface area contributed by atoms with Gasteiger partial charge in [0, 0.05) is 0 Å². The van der Waals surface area contributed by atoms with Gasteiger partial charge >= 0.3 is 5.97 Å². The summed E-state index contributed by atoms with van der Waals surface area (Å²) in [5.74, 6) is -2.33. The first-order chi connectivity index (χ1) is 12.1. The normalized spacial score (nSPS) is 20.8. The zero-order valence-electron chi connectivity index (χ0n) is 13.9. The van der Waals surface area contributed by atoms with Crippen LogP contribution in [0, 0.1) is 11.8 Å². The van der Waals surface area contributed by atoms with Crippen LogP contribution >= 0.6 is 0 Å². The molecular formula is C18H20N4O3. The molecule has 0 aliphatic heterocycles. The van der Waals surface area contributed by atoms with Crippen molar-refractivity contribution >= 4 is 11.9 Å². The van der Waals surface area contributed by atoms with Crippen LogP contribution in [0.3, 0.4) is 0 Å². The number of aromatic nitrogens is 3. The van der Waals surface area contributed by atoms with Gasteiger partial charge in [-0.25, -0.2) is 9.67 Å². The average molecular weight is 340 g/mol. The Morgan fingerprint density at radius 1 is 1.20 bits per heavy atom. The van der Waals surface area contributed by atoms with Gasteiger partial charge in [0.1, 0.15) is 12.7 Å². The highest BCUT2D eigenvalue weighted by Gasteiger charge is 2.34. The summed E-state index contributed by atoms with van der Waals surface area (Å²) in [6.45, 7) is 1.89. The smallest absolute Gasteiger partial charge is 0.307 e. The summed E-state index contributed by atoms with van der Waals surface area (Å²) in [5, 5.41) is 16.3. The minimum Gasteiger partial charge on any atom is -0.481 e. The maximum atomic E-state index is 12.5. The number of aliphatic carboxylic acids is 1. The second-order valence-corrected chi connectivity index (χ2v) is 6.16. The van der Waals surface area contributed by atoms with Gasteiger partial charge in [-0.2, -0.15) is 5.10 Å². The van der Waals surface area contributed by atoms with E-state index in [9.17, 15) is 14.7 Å². The van der Waals surface area contributed by atoms with E-state index in [1.165, 1.54) is 6.33 Å². The molecule has 0 unspecified atom stereocenters. The number of benzene rings is 1. The summed E-state index contributed by atoms with van der Waals surface area (Å²) in [5.41, 5.74) is 1.82. The molecule has 0 spiro atoms. The van der Waals surface area contributed by atoms with Crippen LogP contribution in [0.5, 0.6) is 0 Å². The third-order valence-corrected chi connectivity index (χ3v) is 4.52. The van der Waals surface area contributed by atoms with Crippen molar-refractivity contribution in [3.8, 4) is 5.69 Å². The molecule has 3 atom stereocenters. The molecule has 1 aliphatic carbocycles. The second kappa shape index (κ2) is 7.29. The van der Waals surface area contributed by atoms with Crippen molar-refractivity contribution in [1.29, 1.82) is 0 Å². The van der Waals surface area contributed by atoms with Gasteiger partial charge in [0.15, 0.2) is 0 Å². The van der Waals surface area contributed by atoms with Gasteiger partial charge in [-0.1, -0.05) is 24.3 Å². The average Bonchev–Trinajstić information content (AvgIpc) is 3.16. The Bertz CT molecular complexity index is 768. The molecule has 2 N–H and O–H groups in total. The predicted octanol–water partition coefficient (Wildman–Crippen LogP) is 2.11. The van der Waals surface area contributed by atoms with Gasteiger partial charge in [0.05, 0.1) is 23.6 Å². The van der Waals surface area contributed by atoms with Crippen LogP contribution in [0.15, 0.2) is 49.1 Å². The van der Waals surface area contributed by atoms with Crippen LogP contribution in [0.2, 0.25) is 0 Å². The van der Waals surface area contributed by atoms with E-state index in [-0.39, 0.29) is 11.9 Å². The first-order valence-corrected chi connectivity index (χ1v) is 8.19. The number of hydrogen-bond acceptors (Lipinski definition) is 4. The monoisotopic (exact) mass is 340 g/mol. The number of nitrogens with one attached hydrogen (secondary N) is 1. The largest absolute Gasteiger partial charge is 0.481 e. The second-order valence-electron chi connectivity index (χ2n) is 6.16. The highest BCUT2D eigenvalue weighted by Crippen LogP contribution is 2.27. The number of carbonyl (C=O) groups is 2. The van der Waals surface area contributed by atoms with E-state index in [0.29, 0.717) is 12.8 Å². The van der Waals surface area contributed by atoms with Gasteiger partial charge in [0.2, 0.25) is 5.91 Å². The molecular weight excluding hydrogens is 320 g/mol. The third kappa shape index (κ3) is 3.76. The minimum atomic E-state index is -0.922. The molecule has 1 aliphatic rings. The number of nitrogens with zero attached hydrogens (tertiary/aromatic N) is 3. The highest BCUT2D eigenvalue weighted by molar-refractivity contribution is 5.85. The molecule has 3 rings (SSSR count).